The molecular weight excluding hydrogens is 1560 g/mol. The summed E-state index contributed by atoms with van der Waals surface area (Å²) in [5, 5.41) is 16.0. The van der Waals surface area contributed by atoms with Gasteiger partial charge >= 0.3 is 0 Å². The van der Waals surface area contributed by atoms with Crippen LogP contribution in [-0.4, -0.2) is 0 Å². The molecule has 0 saturated carbocycles. The molecule has 0 fully saturated rings. The van der Waals surface area contributed by atoms with Gasteiger partial charge in [-0.2, -0.15) is 0 Å². The summed E-state index contributed by atoms with van der Waals surface area (Å²) >= 11 is 0. The maximum atomic E-state index is 2.28. The Hall–Kier alpha value is -11.4. The highest BCUT2D eigenvalue weighted by atomic mass is 14.1. The third-order valence-electron chi connectivity index (χ3n) is 19.7. The Bertz CT molecular complexity index is 5330. The smallest absolute Gasteiger partial charge is 0.0204 e. The summed E-state index contributed by atoms with van der Waals surface area (Å²) in [5.41, 5.74) is 12.9. The molecule has 0 N–H and O–H groups in total. The molecule has 688 valence electrons. The second kappa shape index (κ2) is 66.0. The Morgan fingerprint density at radius 1 is 0.254 bits per heavy atom. The fourth-order valence-electron chi connectivity index (χ4n) is 13.0. The van der Waals surface area contributed by atoms with E-state index in [1.807, 2.05) is 30.3 Å². The van der Waals surface area contributed by atoms with E-state index in [1.54, 1.807) is 5.57 Å². The van der Waals surface area contributed by atoms with E-state index in [0.717, 1.165) is 54.8 Å². The first-order valence-electron chi connectivity index (χ1n) is 48.1. The molecule has 0 amide bonds. The topological polar surface area (TPSA) is 0 Å². The van der Waals surface area contributed by atoms with Gasteiger partial charge in [0.1, 0.15) is 0 Å². The number of aryl methyl sites for hydroxylation is 1. The highest BCUT2D eigenvalue weighted by Crippen LogP contribution is 2.28. The van der Waals surface area contributed by atoms with Gasteiger partial charge in [0, 0.05) is 5.92 Å². The van der Waals surface area contributed by atoms with Crippen LogP contribution in [0, 0.1) is 54.3 Å². The quantitative estimate of drug-likeness (QED) is 0.119. The number of rotatable bonds is 5. The number of hydrogen-bond donors (Lipinski definition) is 0. The minimum atomic E-state index is 0. The molecule has 1 atom stereocenters. The highest BCUT2D eigenvalue weighted by molar-refractivity contribution is 6.07. The normalized spacial score (nSPS) is 12.7. The molecule has 0 spiro atoms. The van der Waals surface area contributed by atoms with E-state index < -0.39 is 0 Å². The summed E-state index contributed by atoms with van der Waals surface area (Å²) in [7, 11) is 0. The number of hydrogen-bond acceptors (Lipinski definition) is 0. The van der Waals surface area contributed by atoms with Crippen LogP contribution in [0.15, 0.2) is 405 Å². The third-order valence-corrected chi connectivity index (χ3v) is 19.7. The van der Waals surface area contributed by atoms with E-state index in [9.17, 15) is 0 Å². The van der Waals surface area contributed by atoms with Gasteiger partial charge in [-0.05, 0) is 207 Å². The Labute approximate surface area is 793 Å². The SMILES string of the molecule is C.C1=CC2=CC=CC2C=C1.C1=Cc2ccccc2C1.C1=c2ccccc2=CC1.CC(C)C.CC(C)C.CC(C)C.CC(C)C.CC(C)C.CC(C)C1=CC=CC1.CC(C)C1=CCC=C1.CC(C)c1ccc2ccccc2c1.CC(C)c1ccccc1.CC(C)c1ccccc1.Cc1ccccc1.c1ccc2c(c1)ccc1ccccc12.c1ccc2cc3ccccc3cc2c1. The lowest BCUT2D eigenvalue weighted by Crippen LogP contribution is -2.19. The van der Waals surface area contributed by atoms with Crippen molar-refractivity contribution in [3.05, 3.63) is 449 Å². The van der Waals surface area contributed by atoms with Crippen LogP contribution in [0.2, 0.25) is 0 Å². The van der Waals surface area contributed by atoms with Crippen molar-refractivity contribution >= 4 is 72.1 Å². The summed E-state index contributed by atoms with van der Waals surface area (Å²) in [4.78, 5) is 0. The van der Waals surface area contributed by atoms with Gasteiger partial charge in [-0.3, -0.25) is 0 Å². The van der Waals surface area contributed by atoms with Crippen molar-refractivity contribution in [3.63, 3.8) is 0 Å². The fraction of sp³-hybridized carbons (Fsp3) is 0.323. The van der Waals surface area contributed by atoms with Crippen molar-refractivity contribution in [1.29, 1.82) is 0 Å². The second-order valence-corrected chi connectivity index (χ2v) is 38.2. The van der Waals surface area contributed by atoms with Gasteiger partial charge in [-0.25, -0.2) is 0 Å². The number of benzene rings is 13. The van der Waals surface area contributed by atoms with Crippen LogP contribution in [-0.2, 0) is 6.42 Å². The first-order valence-corrected chi connectivity index (χ1v) is 48.1. The molecule has 13 aromatic rings. The molecule has 19 rings (SSSR count). The van der Waals surface area contributed by atoms with Gasteiger partial charge in [0.25, 0.3) is 0 Å². The summed E-state index contributed by atoms with van der Waals surface area (Å²) in [5.74, 6) is 8.13. The predicted octanol–water partition coefficient (Wildman–Crippen LogP) is 38.7. The van der Waals surface area contributed by atoms with Gasteiger partial charge in [0.15, 0.2) is 0 Å². The monoisotopic (exact) mass is 1730 g/mol. The van der Waals surface area contributed by atoms with Crippen LogP contribution in [0.25, 0.3) is 72.1 Å². The molecule has 6 aliphatic carbocycles. The molecule has 130 heavy (non-hydrogen) atoms. The van der Waals surface area contributed by atoms with Gasteiger partial charge < -0.3 is 0 Å². The van der Waals surface area contributed by atoms with Gasteiger partial charge in [-0.1, -0.05) is 586 Å². The zero-order valence-corrected chi connectivity index (χ0v) is 84.4. The molecule has 0 nitrogen and oxygen atoms in total. The fourth-order valence-corrected chi connectivity index (χ4v) is 13.0. The first-order chi connectivity index (χ1) is 61.8. The van der Waals surface area contributed by atoms with Crippen LogP contribution in [0.1, 0.15) is 251 Å². The summed E-state index contributed by atoms with van der Waals surface area (Å²) < 4.78 is 0. The van der Waals surface area contributed by atoms with Crippen molar-refractivity contribution in [2.75, 3.05) is 0 Å². The minimum absolute atomic E-state index is 0. The number of allylic oxidation sites excluding steroid dienone is 17. The first kappa shape index (κ1) is 113. The molecular formula is C130H168. The Balaban J connectivity index is 0.000000363. The predicted molar refractivity (Wildman–Crippen MR) is 593 cm³/mol. The summed E-state index contributed by atoms with van der Waals surface area (Å²) in [6.07, 6.45) is 41.7. The van der Waals surface area contributed by atoms with E-state index in [-0.39, 0.29) is 7.43 Å². The molecule has 0 aliphatic heterocycles. The van der Waals surface area contributed by atoms with Crippen LogP contribution in [0.3, 0.4) is 0 Å². The van der Waals surface area contributed by atoms with Crippen LogP contribution in [0.5, 0.6) is 0 Å². The second-order valence-electron chi connectivity index (χ2n) is 38.2. The van der Waals surface area contributed by atoms with Gasteiger partial charge in [-0.15, -0.1) is 0 Å². The van der Waals surface area contributed by atoms with E-state index in [1.165, 1.54) is 115 Å². The van der Waals surface area contributed by atoms with Gasteiger partial charge in [0.2, 0.25) is 0 Å². The van der Waals surface area contributed by atoms with E-state index in [4.69, 9.17) is 0 Å². The summed E-state index contributed by atoms with van der Waals surface area (Å²) in [6, 6.07) is 106. The Kier molecular flexibility index (Phi) is 57.2. The lowest BCUT2D eigenvalue weighted by atomic mass is 9.99. The average molecular weight is 1730 g/mol. The molecule has 0 saturated heterocycles. The maximum absolute atomic E-state index is 2.28. The molecule has 0 heteroatoms. The summed E-state index contributed by atoms with van der Waals surface area (Å²) in [6.45, 7) is 56.8. The molecule has 0 bridgehead atoms. The van der Waals surface area contributed by atoms with Crippen LogP contribution >= 0.6 is 0 Å². The zero-order valence-electron chi connectivity index (χ0n) is 84.4. The van der Waals surface area contributed by atoms with E-state index in [0.29, 0.717) is 29.6 Å². The zero-order chi connectivity index (χ0) is 94.7. The lowest BCUT2D eigenvalue weighted by molar-refractivity contribution is 0.736. The molecule has 0 aromatic heterocycles. The van der Waals surface area contributed by atoms with Crippen LogP contribution < -0.4 is 10.4 Å². The molecule has 1 unspecified atom stereocenters. The standard InChI is InChI=1S/2C14H10.C13H14.3C9H8.2C9H12.2C8H12.C7H8.5C4H10.CH4/c1-3-7-13-11(5-1)9-10-12-6-2-4-8-14(12)13;1-2-6-12-10-14-8-4-3-7-13(14)9-11(12)5-1;1-10(2)12-8-7-11-5-3-4-6-13(11)9-12;3*1-2-5-9-7-3-6-8(9)4-1;2*1-8(2)9-6-4-3-5-7-9;2*1-7(2)8-5-3-4-6-8;1-7-5-3-2-4-6-7;5*1-4(2)3;/h2*1-10H;3-10H,1-2H3;1-2,4-7H,3H2;1-6H,7H2;1-8H;2*3-8H,1-2H3;3,5-7H,4H2,1-2H3;3-5,7H,6H2,1-2H3;2-6H,1H3;5*4H,1-3H3;1H4. The van der Waals surface area contributed by atoms with Crippen molar-refractivity contribution < 1.29 is 0 Å². The van der Waals surface area contributed by atoms with Gasteiger partial charge in [0.05, 0.1) is 0 Å². The molecule has 6 aliphatic rings. The number of fused-ring (bicyclic) bond motifs is 9. The van der Waals surface area contributed by atoms with E-state index in [2.05, 4.69) is 556 Å². The minimum Gasteiger partial charge on any atom is -0.0805 e. The average Bonchev–Trinajstić information content (AvgIpc) is 0.970. The maximum Gasteiger partial charge on any atom is 0.0204 e. The Morgan fingerprint density at radius 3 is 0.985 bits per heavy atom. The molecule has 13 aromatic carbocycles. The van der Waals surface area contributed by atoms with Crippen molar-refractivity contribution in [3.8, 4) is 0 Å². The lowest BCUT2D eigenvalue weighted by Gasteiger charge is -2.06. The molecule has 0 radical (unpaired) electrons. The Morgan fingerprint density at radius 2 is 0.631 bits per heavy atom. The largest absolute Gasteiger partial charge is 0.0805 e. The van der Waals surface area contributed by atoms with Crippen LogP contribution in [0.4, 0.5) is 0 Å². The van der Waals surface area contributed by atoms with Crippen molar-refractivity contribution in [2.24, 2.45) is 47.3 Å². The van der Waals surface area contributed by atoms with Crippen molar-refractivity contribution in [1.82, 2.24) is 0 Å². The highest BCUT2D eigenvalue weighted by Gasteiger charge is 2.10. The third kappa shape index (κ3) is 48.8. The van der Waals surface area contributed by atoms with Crippen molar-refractivity contribution in [2.45, 2.75) is 231 Å². The van der Waals surface area contributed by atoms with E-state index >= 15 is 0 Å². The molecule has 0 heterocycles.